The second-order valence-electron chi connectivity index (χ2n) is 4.90. The molecule has 0 fully saturated rings. The average molecular weight is 327 g/mol. The Morgan fingerprint density at radius 2 is 1.83 bits per heavy atom. The molecule has 0 saturated heterocycles. The van der Waals surface area contributed by atoms with Gasteiger partial charge in [-0.05, 0) is 29.8 Å². The van der Waals surface area contributed by atoms with E-state index in [4.69, 9.17) is 10.5 Å². The molecule has 0 heterocycles. The summed E-state index contributed by atoms with van der Waals surface area (Å²) in [6, 6.07) is 13.6. The lowest BCUT2D eigenvalue weighted by atomic mass is 10.1. The molecular weight excluding hydrogens is 310 g/mol. The lowest BCUT2D eigenvalue weighted by Crippen LogP contribution is -2.31. The van der Waals surface area contributed by atoms with E-state index in [9.17, 15) is 14.4 Å². The molecule has 0 radical (unpaired) electrons. The summed E-state index contributed by atoms with van der Waals surface area (Å²) in [5.41, 5.74) is 6.21. The second kappa shape index (κ2) is 7.77. The highest BCUT2D eigenvalue weighted by Crippen LogP contribution is 2.16. The molecule has 0 unspecified atom stereocenters. The third kappa shape index (κ3) is 4.33. The Morgan fingerprint density at radius 1 is 1.08 bits per heavy atom. The van der Waals surface area contributed by atoms with Gasteiger partial charge in [0.1, 0.15) is 5.75 Å². The number of para-hydroxylation sites is 1. The van der Waals surface area contributed by atoms with Crippen LogP contribution in [0.15, 0.2) is 48.5 Å². The first-order valence-electron chi connectivity index (χ1n) is 7.12. The number of methoxy groups -OCH3 is 1. The summed E-state index contributed by atoms with van der Waals surface area (Å²) in [7, 11) is 1.56. The predicted octanol–water partition coefficient (Wildman–Crippen LogP) is 1.05. The summed E-state index contributed by atoms with van der Waals surface area (Å²) in [4.78, 5) is 34.6. The smallest absolute Gasteiger partial charge is 0.313 e. The van der Waals surface area contributed by atoms with E-state index in [1.165, 1.54) is 12.1 Å². The topological polar surface area (TPSA) is 111 Å². The molecule has 0 saturated carbocycles. The fourth-order valence-electron chi connectivity index (χ4n) is 2.03. The zero-order valence-electron chi connectivity index (χ0n) is 13.0. The van der Waals surface area contributed by atoms with Gasteiger partial charge < -0.3 is 21.1 Å². The molecule has 0 spiro atoms. The standard InChI is InChI=1S/C17H17N3O4/c1-24-12-6-4-5-11(9-12)10-19-16(22)13-7-2-3-8-14(13)20-17(23)15(18)21/h2-9H,10H2,1H3,(H2,18,21)(H,19,22)(H,20,23). The highest BCUT2D eigenvalue weighted by molar-refractivity contribution is 6.39. The third-order valence-corrected chi connectivity index (χ3v) is 3.23. The number of carbonyl (C=O) groups is 3. The van der Waals surface area contributed by atoms with Crippen LogP contribution < -0.4 is 21.1 Å². The molecule has 3 amide bonds. The molecule has 7 heteroatoms. The van der Waals surface area contributed by atoms with Gasteiger partial charge in [0.2, 0.25) is 0 Å². The fourth-order valence-corrected chi connectivity index (χ4v) is 2.03. The number of nitrogens with one attached hydrogen (secondary N) is 2. The lowest BCUT2D eigenvalue weighted by Gasteiger charge is -2.11. The molecule has 124 valence electrons. The number of primary amides is 1. The van der Waals surface area contributed by atoms with E-state index in [1.807, 2.05) is 12.1 Å². The molecule has 2 aromatic carbocycles. The van der Waals surface area contributed by atoms with Crippen LogP contribution in [-0.2, 0) is 16.1 Å². The van der Waals surface area contributed by atoms with Gasteiger partial charge in [-0.25, -0.2) is 0 Å². The molecular formula is C17H17N3O4. The summed E-state index contributed by atoms with van der Waals surface area (Å²) in [6.07, 6.45) is 0. The first-order valence-corrected chi connectivity index (χ1v) is 7.12. The number of benzene rings is 2. The minimum Gasteiger partial charge on any atom is -0.497 e. The molecule has 0 aromatic heterocycles. The summed E-state index contributed by atoms with van der Waals surface area (Å²) in [6.45, 7) is 0.286. The van der Waals surface area contributed by atoms with Gasteiger partial charge in [-0.1, -0.05) is 24.3 Å². The second-order valence-corrected chi connectivity index (χ2v) is 4.90. The first kappa shape index (κ1) is 17.0. The minimum atomic E-state index is -1.12. The lowest BCUT2D eigenvalue weighted by molar-refractivity contribution is -0.134. The largest absolute Gasteiger partial charge is 0.497 e. The Bertz CT molecular complexity index is 774. The van der Waals surface area contributed by atoms with Crippen molar-refractivity contribution in [1.82, 2.24) is 5.32 Å². The van der Waals surface area contributed by atoms with E-state index >= 15 is 0 Å². The molecule has 24 heavy (non-hydrogen) atoms. The summed E-state index contributed by atoms with van der Waals surface area (Å²) in [5, 5.41) is 5.06. The average Bonchev–Trinajstić information content (AvgIpc) is 2.60. The maximum atomic E-state index is 12.3. The van der Waals surface area contributed by atoms with E-state index in [1.54, 1.807) is 31.4 Å². The number of ether oxygens (including phenoxy) is 1. The van der Waals surface area contributed by atoms with Crippen LogP contribution in [0.1, 0.15) is 15.9 Å². The van der Waals surface area contributed by atoms with Crippen molar-refractivity contribution >= 4 is 23.4 Å². The molecule has 0 atom stereocenters. The van der Waals surface area contributed by atoms with Crippen LogP contribution >= 0.6 is 0 Å². The van der Waals surface area contributed by atoms with Crippen molar-refractivity contribution in [1.29, 1.82) is 0 Å². The summed E-state index contributed by atoms with van der Waals surface area (Å²) >= 11 is 0. The van der Waals surface area contributed by atoms with Gasteiger partial charge in [0, 0.05) is 6.54 Å². The van der Waals surface area contributed by atoms with Crippen molar-refractivity contribution in [2.24, 2.45) is 5.73 Å². The van der Waals surface area contributed by atoms with Crippen molar-refractivity contribution in [3.63, 3.8) is 0 Å². The maximum Gasteiger partial charge on any atom is 0.313 e. The number of rotatable bonds is 5. The summed E-state index contributed by atoms with van der Waals surface area (Å²) < 4.78 is 5.13. The number of anilines is 1. The van der Waals surface area contributed by atoms with Crippen LogP contribution in [-0.4, -0.2) is 24.8 Å². The van der Waals surface area contributed by atoms with Crippen LogP contribution in [0.4, 0.5) is 5.69 Å². The number of nitrogens with two attached hydrogens (primary N) is 1. The maximum absolute atomic E-state index is 12.3. The number of hydrogen-bond acceptors (Lipinski definition) is 4. The molecule has 2 rings (SSSR count). The van der Waals surface area contributed by atoms with Gasteiger partial charge in [0.25, 0.3) is 5.91 Å². The van der Waals surface area contributed by atoms with E-state index in [2.05, 4.69) is 10.6 Å². The van der Waals surface area contributed by atoms with Crippen LogP contribution in [0.5, 0.6) is 5.75 Å². The van der Waals surface area contributed by atoms with Crippen LogP contribution in [0, 0.1) is 0 Å². The van der Waals surface area contributed by atoms with Crippen molar-refractivity contribution < 1.29 is 19.1 Å². The van der Waals surface area contributed by atoms with Crippen molar-refractivity contribution in [2.45, 2.75) is 6.54 Å². The van der Waals surface area contributed by atoms with Crippen molar-refractivity contribution in [3.8, 4) is 5.75 Å². The normalized spacial score (nSPS) is 9.88. The van der Waals surface area contributed by atoms with Gasteiger partial charge in [-0.3, -0.25) is 14.4 Å². The number of hydrogen-bond donors (Lipinski definition) is 3. The van der Waals surface area contributed by atoms with E-state index in [-0.39, 0.29) is 17.8 Å². The quantitative estimate of drug-likeness (QED) is 0.713. The molecule has 0 bridgehead atoms. The van der Waals surface area contributed by atoms with Gasteiger partial charge in [-0.2, -0.15) is 0 Å². The first-order chi connectivity index (χ1) is 11.5. The zero-order valence-corrected chi connectivity index (χ0v) is 13.0. The monoisotopic (exact) mass is 327 g/mol. The SMILES string of the molecule is COc1cccc(CNC(=O)c2ccccc2NC(=O)C(N)=O)c1. The van der Waals surface area contributed by atoms with Crippen LogP contribution in [0.25, 0.3) is 0 Å². The Kier molecular flexibility index (Phi) is 5.51. The third-order valence-electron chi connectivity index (χ3n) is 3.23. The minimum absolute atomic E-state index is 0.212. The van der Waals surface area contributed by atoms with Crippen molar-refractivity contribution in [3.05, 3.63) is 59.7 Å². The highest BCUT2D eigenvalue weighted by atomic mass is 16.5. The Hall–Kier alpha value is -3.35. The number of amides is 3. The number of carbonyl (C=O) groups excluding carboxylic acids is 3. The molecule has 4 N–H and O–H groups in total. The van der Waals surface area contributed by atoms with E-state index in [0.717, 1.165) is 5.56 Å². The molecule has 7 nitrogen and oxygen atoms in total. The van der Waals surface area contributed by atoms with Gasteiger partial charge in [0.05, 0.1) is 18.4 Å². The van der Waals surface area contributed by atoms with E-state index in [0.29, 0.717) is 5.75 Å². The zero-order chi connectivity index (χ0) is 17.5. The van der Waals surface area contributed by atoms with Gasteiger partial charge in [-0.15, -0.1) is 0 Å². The van der Waals surface area contributed by atoms with Crippen LogP contribution in [0.2, 0.25) is 0 Å². The highest BCUT2D eigenvalue weighted by Gasteiger charge is 2.15. The molecule has 0 aliphatic rings. The Labute approximate surface area is 138 Å². The Morgan fingerprint density at radius 3 is 2.54 bits per heavy atom. The Balaban J connectivity index is 2.09. The van der Waals surface area contributed by atoms with Gasteiger partial charge >= 0.3 is 11.8 Å². The van der Waals surface area contributed by atoms with E-state index < -0.39 is 17.7 Å². The molecule has 0 aliphatic carbocycles. The molecule has 0 aliphatic heterocycles. The molecule has 2 aromatic rings. The van der Waals surface area contributed by atoms with Gasteiger partial charge in [0.15, 0.2) is 0 Å². The van der Waals surface area contributed by atoms with Crippen LogP contribution in [0.3, 0.4) is 0 Å². The fraction of sp³-hybridized carbons (Fsp3) is 0.118. The van der Waals surface area contributed by atoms with Crippen molar-refractivity contribution in [2.75, 3.05) is 12.4 Å². The predicted molar refractivity (Wildman–Crippen MR) is 88.4 cm³/mol. The summed E-state index contributed by atoms with van der Waals surface area (Å²) in [5.74, 6) is -1.81.